The molecule has 0 aliphatic carbocycles. The summed E-state index contributed by atoms with van der Waals surface area (Å²) in [6.45, 7) is 0.696. The summed E-state index contributed by atoms with van der Waals surface area (Å²) in [4.78, 5) is 10.5. The predicted octanol–water partition coefficient (Wildman–Crippen LogP) is 3.54. The van der Waals surface area contributed by atoms with Crippen LogP contribution in [0.2, 0.25) is 0 Å². The number of amides is 2. The maximum atomic E-state index is 10.5. The van der Waals surface area contributed by atoms with Crippen molar-refractivity contribution in [2.45, 2.75) is 76.6 Å². The van der Waals surface area contributed by atoms with Gasteiger partial charge in [-0.15, -0.1) is 0 Å². The summed E-state index contributed by atoms with van der Waals surface area (Å²) in [5.41, 5.74) is 5.00. The molecule has 0 saturated heterocycles. The van der Waals surface area contributed by atoms with Gasteiger partial charge in [0.05, 0.1) is 0 Å². The van der Waals surface area contributed by atoms with Crippen molar-refractivity contribution in [1.82, 2.24) is 5.32 Å². The van der Waals surface area contributed by atoms with Gasteiger partial charge >= 0.3 is 6.03 Å². The summed E-state index contributed by atoms with van der Waals surface area (Å²) in [5, 5.41) is 2.61. The maximum Gasteiger partial charge on any atom is 0.312 e. The first-order valence-electron chi connectivity index (χ1n) is 8.79. The van der Waals surface area contributed by atoms with Crippen molar-refractivity contribution in [1.29, 1.82) is 0 Å². The van der Waals surface area contributed by atoms with Gasteiger partial charge in [-0.05, 0) is 12.8 Å². The maximum absolute atomic E-state index is 10.5. The SMILES string of the molecule is COC(CCCCCCCCCCCCNC(N)=O)(OC)OC. The molecule has 0 spiro atoms. The lowest BCUT2D eigenvalue weighted by atomic mass is 10.1. The first-order chi connectivity index (χ1) is 11.1. The lowest BCUT2D eigenvalue weighted by molar-refractivity contribution is -0.355. The fourth-order valence-electron chi connectivity index (χ4n) is 2.65. The third-order valence-corrected chi connectivity index (χ3v) is 4.14. The van der Waals surface area contributed by atoms with Gasteiger partial charge in [0.15, 0.2) is 0 Å². The minimum atomic E-state index is -0.872. The Balaban J connectivity index is 3.29. The molecule has 3 N–H and O–H groups in total. The third-order valence-electron chi connectivity index (χ3n) is 4.14. The van der Waals surface area contributed by atoms with Crippen molar-refractivity contribution in [3.8, 4) is 0 Å². The number of ether oxygens (including phenoxy) is 3. The Morgan fingerprint density at radius 2 is 1.17 bits per heavy atom. The van der Waals surface area contributed by atoms with Crippen molar-refractivity contribution >= 4 is 6.03 Å². The second-order valence-corrected chi connectivity index (χ2v) is 5.87. The number of methoxy groups -OCH3 is 3. The van der Waals surface area contributed by atoms with Gasteiger partial charge in [-0.2, -0.15) is 0 Å². The Bertz CT molecular complexity index is 276. The van der Waals surface area contributed by atoms with Crippen LogP contribution in [0.15, 0.2) is 0 Å². The van der Waals surface area contributed by atoms with Crippen LogP contribution in [0.3, 0.4) is 0 Å². The zero-order valence-corrected chi connectivity index (χ0v) is 15.2. The Hall–Kier alpha value is -0.850. The molecule has 0 aromatic heterocycles. The number of carbonyl (C=O) groups is 1. The predicted molar refractivity (Wildman–Crippen MR) is 92.1 cm³/mol. The van der Waals surface area contributed by atoms with Gasteiger partial charge in [0.25, 0.3) is 5.97 Å². The zero-order valence-electron chi connectivity index (χ0n) is 15.2. The molecule has 0 fully saturated rings. The molecule has 6 heteroatoms. The quantitative estimate of drug-likeness (QED) is 0.334. The number of nitrogens with one attached hydrogen (secondary N) is 1. The number of primary amides is 1. The average Bonchev–Trinajstić information content (AvgIpc) is 2.56. The molecule has 0 bridgehead atoms. The molecule has 23 heavy (non-hydrogen) atoms. The molecule has 0 aliphatic heterocycles. The van der Waals surface area contributed by atoms with Crippen molar-refractivity contribution in [2.24, 2.45) is 5.73 Å². The van der Waals surface area contributed by atoms with Crippen molar-refractivity contribution in [3.05, 3.63) is 0 Å². The smallest absolute Gasteiger partial charge is 0.312 e. The molecule has 0 saturated carbocycles. The summed E-state index contributed by atoms with van der Waals surface area (Å²) in [7, 11) is 4.82. The van der Waals surface area contributed by atoms with Gasteiger partial charge in [0.1, 0.15) is 0 Å². The zero-order chi connectivity index (χ0) is 17.4. The van der Waals surface area contributed by atoms with Gasteiger partial charge in [-0.1, -0.05) is 51.4 Å². The van der Waals surface area contributed by atoms with E-state index in [4.69, 9.17) is 19.9 Å². The van der Waals surface area contributed by atoms with Gasteiger partial charge in [-0.25, -0.2) is 4.79 Å². The monoisotopic (exact) mass is 332 g/mol. The second kappa shape index (κ2) is 14.7. The molecule has 138 valence electrons. The Morgan fingerprint density at radius 1 is 0.783 bits per heavy atom. The fraction of sp³-hybridized carbons (Fsp3) is 0.941. The van der Waals surface area contributed by atoms with Gasteiger partial charge in [0.2, 0.25) is 0 Å². The van der Waals surface area contributed by atoms with Crippen molar-refractivity contribution in [2.75, 3.05) is 27.9 Å². The van der Waals surface area contributed by atoms with Crippen LogP contribution in [-0.4, -0.2) is 39.9 Å². The van der Waals surface area contributed by atoms with E-state index in [0.717, 1.165) is 25.7 Å². The summed E-state index contributed by atoms with van der Waals surface area (Å²) >= 11 is 0. The Kier molecular flexibility index (Phi) is 14.2. The fourth-order valence-corrected chi connectivity index (χ4v) is 2.65. The Morgan fingerprint density at radius 3 is 1.57 bits per heavy atom. The van der Waals surface area contributed by atoms with Crippen LogP contribution in [0.25, 0.3) is 0 Å². The highest BCUT2D eigenvalue weighted by Gasteiger charge is 2.28. The number of rotatable bonds is 16. The molecule has 0 unspecified atom stereocenters. The molecule has 0 aliphatic rings. The number of nitrogens with two attached hydrogens (primary N) is 1. The molecule has 0 radical (unpaired) electrons. The molecular weight excluding hydrogens is 296 g/mol. The van der Waals surface area contributed by atoms with E-state index in [1.165, 1.54) is 44.9 Å². The first kappa shape index (κ1) is 22.1. The number of unbranched alkanes of at least 4 members (excludes halogenated alkanes) is 9. The lowest BCUT2D eigenvalue weighted by Crippen LogP contribution is -2.35. The molecule has 0 aromatic rings. The van der Waals surface area contributed by atoms with Gasteiger partial charge in [0, 0.05) is 34.3 Å². The van der Waals surface area contributed by atoms with Crippen LogP contribution in [0.4, 0.5) is 4.79 Å². The second-order valence-electron chi connectivity index (χ2n) is 5.87. The minimum Gasteiger partial charge on any atom is -0.352 e. The molecule has 2 amide bonds. The van der Waals surface area contributed by atoms with E-state index < -0.39 is 12.0 Å². The van der Waals surface area contributed by atoms with Crippen LogP contribution in [0.5, 0.6) is 0 Å². The van der Waals surface area contributed by atoms with E-state index in [1.807, 2.05) is 0 Å². The van der Waals surface area contributed by atoms with Gasteiger partial charge in [-0.3, -0.25) is 0 Å². The summed E-state index contributed by atoms with van der Waals surface area (Å²) in [6, 6.07) is -0.427. The number of urea groups is 1. The number of hydrogen-bond acceptors (Lipinski definition) is 4. The molecule has 0 heterocycles. The topological polar surface area (TPSA) is 82.8 Å². The van der Waals surface area contributed by atoms with Crippen LogP contribution in [0.1, 0.15) is 70.6 Å². The molecular formula is C17H36N2O4. The van der Waals surface area contributed by atoms with Crippen molar-refractivity contribution in [3.63, 3.8) is 0 Å². The highest BCUT2D eigenvalue weighted by molar-refractivity contribution is 5.71. The van der Waals surface area contributed by atoms with Crippen LogP contribution >= 0.6 is 0 Å². The summed E-state index contributed by atoms with van der Waals surface area (Å²) < 4.78 is 15.8. The van der Waals surface area contributed by atoms with Gasteiger partial charge < -0.3 is 25.3 Å². The van der Waals surface area contributed by atoms with Crippen molar-refractivity contribution < 1.29 is 19.0 Å². The largest absolute Gasteiger partial charge is 0.352 e. The van der Waals surface area contributed by atoms with E-state index in [-0.39, 0.29) is 0 Å². The molecule has 0 rings (SSSR count). The average molecular weight is 332 g/mol. The molecule has 0 aromatic carbocycles. The van der Waals surface area contributed by atoms with E-state index in [2.05, 4.69) is 5.32 Å². The van der Waals surface area contributed by atoms with E-state index in [9.17, 15) is 4.79 Å². The summed E-state index contributed by atoms with van der Waals surface area (Å²) in [5.74, 6) is -0.872. The first-order valence-corrected chi connectivity index (χ1v) is 8.79. The van der Waals surface area contributed by atoms with Crippen LogP contribution in [-0.2, 0) is 14.2 Å². The van der Waals surface area contributed by atoms with E-state index in [1.54, 1.807) is 21.3 Å². The summed E-state index contributed by atoms with van der Waals surface area (Å²) in [6.07, 6.45) is 12.8. The van der Waals surface area contributed by atoms with Crippen LogP contribution in [0, 0.1) is 0 Å². The third kappa shape index (κ3) is 12.3. The lowest BCUT2D eigenvalue weighted by Gasteiger charge is -2.28. The molecule has 6 nitrogen and oxygen atoms in total. The number of hydrogen-bond donors (Lipinski definition) is 2. The Labute approximate surface area is 141 Å². The number of carbonyl (C=O) groups excluding carboxylic acids is 1. The highest BCUT2D eigenvalue weighted by atomic mass is 16.9. The highest BCUT2D eigenvalue weighted by Crippen LogP contribution is 2.21. The normalized spacial score (nSPS) is 11.6. The van der Waals surface area contributed by atoms with E-state index >= 15 is 0 Å². The van der Waals surface area contributed by atoms with Crippen LogP contribution < -0.4 is 11.1 Å². The van der Waals surface area contributed by atoms with E-state index in [0.29, 0.717) is 6.54 Å². The standard InChI is InChI=1S/C17H36N2O4/c1-21-17(22-2,23-3)14-12-10-8-6-4-5-7-9-11-13-15-19-16(18)20/h4-15H2,1-3H3,(H3,18,19,20). The molecule has 0 atom stereocenters. The minimum absolute atomic E-state index is 0.427.